The van der Waals surface area contributed by atoms with Gasteiger partial charge in [0, 0.05) is 18.7 Å². The van der Waals surface area contributed by atoms with Crippen molar-refractivity contribution in [3.05, 3.63) is 59.5 Å². The third-order valence-electron chi connectivity index (χ3n) is 7.56. The standard InChI is InChI=1S/C27H30N6O3S/c1-14-3-5-17(6-4-14)27(8-9-27)33-26-29-15(2)21(25-31-19-12-28-10-7-20(19)37-25)24(32-26)30-18-11-16(13-34)22(35)23(18)36/h3-7,10,12,16,18,22-23,34-36H,8-9,11,13H2,1-2H3,(H2,29,30,32,33)/t16-,18?,22-,23+/m1/s1. The van der Waals surface area contributed by atoms with Crippen molar-refractivity contribution in [3.8, 4) is 10.6 Å². The zero-order valence-corrected chi connectivity index (χ0v) is 21.5. The predicted octanol–water partition coefficient (Wildman–Crippen LogP) is 3.38. The van der Waals surface area contributed by atoms with E-state index in [-0.39, 0.29) is 12.1 Å². The summed E-state index contributed by atoms with van der Waals surface area (Å²) in [5, 5.41) is 38.4. The van der Waals surface area contributed by atoms with Gasteiger partial charge in [-0.3, -0.25) is 4.98 Å². The first-order valence-electron chi connectivity index (χ1n) is 12.6. The van der Waals surface area contributed by atoms with Crippen molar-refractivity contribution >= 4 is 33.3 Å². The molecule has 3 heterocycles. The average molecular weight is 519 g/mol. The number of hydrogen-bond acceptors (Lipinski definition) is 10. The Balaban J connectivity index is 1.39. The predicted molar refractivity (Wildman–Crippen MR) is 144 cm³/mol. The number of benzene rings is 1. The van der Waals surface area contributed by atoms with Gasteiger partial charge < -0.3 is 26.0 Å². The molecule has 0 amide bonds. The largest absolute Gasteiger partial charge is 0.396 e. The highest BCUT2D eigenvalue weighted by Gasteiger charge is 2.45. The summed E-state index contributed by atoms with van der Waals surface area (Å²) in [6, 6.07) is 9.98. The van der Waals surface area contributed by atoms with E-state index in [0.717, 1.165) is 39.3 Å². The minimum absolute atomic E-state index is 0.192. The Labute approximate surface area is 218 Å². The molecule has 0 saturated heterocycles. The monoisotopic (exact) mass is 518 g/mol. The van der Waals surface area contributed by atoms with Crippen molar-refractivity contribution in [2.24, 2.45) is 5.92 Å². The van der Waals surface area contributed by atoms with Gasteiger partial charge in [0.15, 0.2) is 0 Å². The number of rotatable bonds is 7. The summed E-state index contributed by atoms with van der Waals surface area (Å²) >= 11 is 1.53. The summed E-state index contributed by atoms with van der Waals surface area (Å²) in [7, 11) is 0. The molecule has 2 aliphatic carbocycles. The number of nitrogens with one attached hydrogen (secondary N) is 2. The van der Waals surface area contributed by atoms with Crippen molar-refractivity contribution < 1.29 is 15.3 Å². The average Bonchev–Trinajstić information content (AvgIpc) is 3.45. The number of anilines is 2. The lowest BCUT2D eigenvalue weighted by Crippen LogP contribution is -2.36. The summed E-state index contributed by atoms with van der Waals surface area (Å²) in [4.78, 5) is 18.7. The molecule has 2 saturated carbocycles. The maximum atomic E-state index is 10.7. The minimum atomic E-state index is -1.03. The maximum Gasteiger partial charge on any atom is 0.225 e. The van der Waals surface area contributed by atoms with E-state index in [0.29, 0.717) is 18.2 Å². The van der Waals surface area contributed by atoms with Crippen LogP contribution in [0.15, 0.2) is 42.7 Å². The fraction of sp³-hybridized carbons (Fsp3) is 0.407. The minimum Gasteiger partial charge on any atom is -0.396 e. The van der Waals surface area contributed by atoms with Gasteiger partial charge in [-0.2, -0.15) is 4.98 Å². The van der Waals surface area contributed by atoms with E-state index in [9.17, 15) is 15.3 Å². The lowest BCUT2D eigenvalue weighted by molar-refractivity contribution is 0.00446. The Morgan fingerprint density at radius 1 is 1.03 bits per heavy atom. The molecule has 1 aromatic carbocycles. The Bertz CT molecular complexity index is 1410. The highest BCUT2D eigenvalue weighted by molar-refractivity contribution is 7.21. The van der Waals surface area contributed by atoms with Gasteiger partial charge in [0.25, 0.3) is 0 Å². The molecule has 2 fully saturated rings. The summed E-state index contributed by atoms with van der Waals surface area (Å²) in [5.74, 6) is 0.634. The molecule has 37 heavy (non-hydrogen) atoms. The molecule has 4 aromatic rings. The van der Waals surface area contributed by atoms with Gasteiger partial charge in [0.05, 0.1) is 39.8 Å². The van der Waals surface area contributed by atoms with Crippen molar-refractivity contribution in [2.45, 2.75) is 56.9 Å². The van der Waals surface area contributed by atoms with E-state index in [1.807, 2.05) is 13.0 Å². The van der Waals surface area contributed by atoms with Crippen LogP contribution in [-0.4, -0.2) is 60.1 Å². The van der Waals surface area contributed by atoms with Crippen LogP contribution in [0.1, 0.15) is 36.1 Å². The fourth-order valence-corrected chi connectivity index (χ4v) is 6.23. The third kappa shape index (κ3) is 4.44. The van der Waals surface area contributed by atoms with Crippen LogP contribution in [0.25, 0.3) is 20.8 Å². The molecule has 5 N–H and O–H groups in total. The van der Waals surface area contributed by atoms with E-state index in [1.54, 1.807) is 12.4 Å². The van der Waals surface area contributed by atoms with Crippen molar-refractivity contribution in [1.82, 2.24) is 19.9 Å². The molecule has 0 radical (unpaired) electrons. The number of aliphatic hydroxyl groups is 3. The smallest absolute Gasteiger partial charge is 0.225 e. The lowest BCUT2D eigenvalue weighted by atomic mass is 10.0. The highest BCUT2D eigenvalue weighted by atomic mass is 32.1. The molecule has 2 aliphatic rings. The first-order valence-corrected chi connectivity index (χ1v) is 13.4. The Hall–Kier alpha value is -3.18. The van der Waals surface area contributed by atoms with Crippen LogP contribution in [0.5, 0.6) is 0 Å². The topological polar surface area (TPSA) is 136 Å². The molecular formula is C27H30N6O3S. The van der Waals surface area contributed by atoms with Crippen LogP contribution in [0.3, 0.4) is 0 Å². The normalized spacial score (nSPS) is 24.4. The molecule has 4 atom stereocenters. The van der Waals surface area contributed by atoms with E-state index in [2.05, 4.69) is 46.8 Å². The molecule has 1 unspecified atom stereocenters. The molecule has 3 aromatic heterocycles. The molecule has 0 aliphatic heterocycles. The first kappa shape index (κ1) is 24.2. The van der Waals surface area contributed by atoms with Crippen LogP contribution >= 0.6 is 11.3 Å². The van der Waals surface area contributed by atoms with E-state index >= 15 is 0 Å². The SMILES string of the molecule is Cc1ccc(C2(Nc3nc(C)c(-c4nc5cnccc5s4)c(NC4C[C@H](CO)[C@@H](O)[C@H]4O)n3)CC2)cc1. The second-order valence-electron chi connectivity index (χ2n) is 10.2. The zero-order valence-electron chi connectivity index (χ0n) is 20.7. The summed E-state index contributed by atoms with van der Waals surface area (Å²) in [6.45, 7) is 3.82. The van der Waals surface area contributed by atoms with Crippen LogP contribution in [0, 0.1) is 19.8 Å². The van der Waals surface area contributed by atoms with E-state index in [4.69, 9.17) is 15.0 Å². The number of aryl methyl sites for hydroxylation is 2. The molecule has 0 spiro atoms. The van der Waals surface area contributed by atoms with Crippen LogP contribution in [0.2, 0.25) is 0 Å². The summed E-state index contributed by atoms with van der Waals surface area (Å²) in [6.07, 6.45) is 3.83. The number of thiazole rings is 1. The van der Waals surface area contributed by atoms with Crippen molar-refractivity contribution in [2.75, 3.05) is 17.2 Å². The maximum absolute atomic E-state index is 10.7. The van der Waals surface area contributed by atoms with Crippen LogP contribution in [0.4, 0.5) is 11.8 Å². The second kappa shape index (κ2) is 9.29. The van der Waals surface area contributed by atoms with E-state index < -0.39 is 24.2 Å². The molecule has 9 nitrogen and oxygen atoms in total. The van der Waals surface area contributed by atoms with Crippen LogP contribution in [-0.2, 0) is 5.54 Å². The van der Waals surface area contributed by atoms with Gasteiger partial charge in [0.1, 0.15) is 22.4 Å². The number of aliphatic hydroxyl groups excluding tert-OH is 3. The number of hydrogen-bond donors (Lipinski definition) is 5. The Morgan fingerprint density at radius 2 is 1.81 bits per heavy atom. The number of pyridine rings is 1. The first-order chi connectivity index (χ1) is 17.9. The van der Waals surface area contributed by atoms with Gasteiger partial charge >= 0.3 is 0 Å². The number of aromatic nitrogens is 4. The number of fused-ring (bicyclic) bond motifs is 1. The molecular weight excluding hydrogens is 488 g/mol. The molecule has 192 valence electrons. The summed E-state index contributed by atoms with van der Waals surface area (Å²) < 4.78 is 1.01. The molecule has 0 bridgehead atoms. The highest BCUT2D eigenvalue weighted by Crippen LogP contribution is 2.48. The van der Waals surface area contributed by atoms with Crippen molar-refractivity contribution in [3.63, 3.8) is 0 Å². The zero-order chi connectivity index (χ0) is 25.7. The van der Waals surface area contributed by atoms with E-state index in [1.165, 1.54) is 22.5 Å². The van der Waals surface area contributed by atoms with Crippen molar-refractivity contribution in [1.29, 1.82) is 0 Å². The summed E-state index contributed by atoms with van der Waals surface area (Å²) in [5.41, 5.74) is 4.51. The van der Waals surface area contributed by atoms with Gasteiger partial charge in [-0.05, 0) is 44.7 Å². The fourth-order valence-electron chi connectivity index (χ4n) is 5.20. The lowest BCUT2D eigenvalue weighted by Gasteiger charge is -2.23. The quantitative estimate of drug-likeness (QED) is 0.249. The van der Waals surface area contributed by atoms with Gasteiger partial charge in [-0.1, -0.05) is 29.8 Å². The van der Waals surface area contributed by atoms with Gasteiger partial charge in [0.2, 0.25) is 5.95 Å². The second-order valence-corrected chi connectivity index (χ2v) is 11.2. The Morgan fingerprint density at radius 3 is 2.49 bits per heavy atom. The van der Waals surface area contributed by atoms with Crippen LogP contribution < -0.4 is 10.6 Å². The molecule has 6 rings (SSSR count). The third-order valence-corrected chi connectivity index (χ3v) is 8.61. The molecule has 10 heteroatoms. The Kier molecular flexibility index (Phi) is 6.07. The van der Waals surface area contributed by atoms with Gasteiger partial charge in [-0.25, -0.2) is 9.97 Å². The number of nitrogens with zero attached hydrogens (tertiary/aromatic N) is 4. The van der Waals surface area contributed by atoms with Gasteiger partial charge in [-0.15, -0.1) is 11.3 Å².